The third-order valence-corrected chi connectivity index (χ3v) is 3.92. The van der Waals surface area contributed by atoms with Gasteiger partial charge in [0.05, 0.1) is 11.8 Å². The molecule has 2 rings (SSSR count). The van der Waals surface area contributed by atoms with E-state index in [0.29, 0.717) is 5.92 Å². The van der Waals surface area contributed by atoms with E-state index in [-0.39, 0.29) is 24.0 Å². The fourth-order valence-electron chi connectivity index (χ4n) is 2.81. The number of nitrogens with one attached hydrogen (secondary N) is 1. The molecule has 1 unspecified atom stereocenters. The Bertz CT molecular complexity index is 598. The Morgan fingerprint density at radius 3 is 2.86 bits per heavy atom. The minimum atomic E-state index is 0. The van der Waals surface area contributed by atoms with Crippen molar-refractivity contribution in [3.05, 3.63) is 60.6 Å². The van der Waals surface area contributed by atoms with E-state index in [9.17, 15) is 0 Å². The van der Waals surface area contributed by atoms with E-state index in [0.717, 1.165) is 12.1 Å². The zero-order chi connectivity index (χ0) is 14.4. The second-order valence-corrected chi connectivity index (χ2v) is 5.21. The van der Waals surface area contributed by atoms with Crippen molar-refractivity contribution in [2.24, 2.45) is 0 Å². The van der Waals surface area contributed by atoms with Crippen LogP contribution in [0.4, 0.5) is 0 Å². The van der Waals surface area contributed by atoms with Crippen LogP contribution in [0, 0.1) is 0 Å². The quantitative estimate of drug-likeness (QED) is 0.317. The summed E-state index contributed by atoms with van der Waals surface area (Å²) < 4.78 is 2.13. The number of hydrogen-bond acceptors (Lipinski definition) is 0. The SMILES string of the molecule is C=CC(C(=CC)CCCCC)c1ccc[n+]2cc[nH]c12.[I-]. The zero-order valence-corrected chi connectivity index (χ0v) is 15.1. The molecular weight excluding hydrogens is 371 g/mol. The van der Waals surface area contributed by atoms with E-state index in [2.05, 4.69) is 60.3 Å². The number of unbranched alkanes of at least 4 members (excludes halogenated alkanes) is 2. The summed E-state index contributed by atoms with van der Waals surface area (Å²) in [6, 6.07) is 4.30. The standard InChI is InChI=1S/C18H24N2.HI/c1-4-7-8-10-15(5-2)16(6-3)17-11-9-13-20-14-12-19-18(17)20;/h5-6,9,11-14,16H,3-4,7-8,10H2,1-2H3;1H. The number of fused-ring (bicyclic) bond motifs is 1. The van der Waals surface area contributed by atoms with Gasteiger partial charge < -0.3 is 24.0 Å². The second-order valence-electron chi connectivity index (χ2n) is 5.21. The van der Waals surface area contributed by atoms with Crippen molar-refractivity contribution in [2.45, 2.75) is 45.4 Å². The molecule has 0 aliphatic carbocycles. The van der Waals surface area contributed by atoms with Crippen molar-refractivity contribution in [1.29, 1.82) is 0 Å². The molecule has 0 aromatic carbocycles. The fraction of sp³-hybridized carbons (Fsp3) is 0.389. The van der Waals surface area contributed by atoms with Crippen LogP contribution >= 0.6 is 0 Å². The molecule has 2 nitrogen and oxygen atoms in total. The van der Waals surface area contributed by atoms with Gasteiger partial charge in [0.25, 0.3) is 5.65 Å². The van der Waals surface area contributed by atoms with Crippen LogP contribution in [0.5, 0.6) is 0 Å². The average molecular weight is 396 g/mol. The Kier molecular flexibility index (Phi) is 7.72. The molecule has 0 amide bonds. The fourth-order valence-corrected chi connectivity index (χ4v) is 2.81. The first-order valence-corrected chi connectivity index (χ1v) is 7.56. The summed E-state index contributed by atoms with van der Waals surface area (Å²) in [5, 5.41) is 0. The van der Waals surface area contributed by atoms with Gasteiger partial charge in [-0.1, -0.05) is 37.5 Å². The van der Waals surface area contributed by atoms with E-state index in [4.69, 9.17) is 0 Å². The maximum absolute atomic E-state index is 4.06. The molecule has 0 saturated heterocycles. The molecule has 2 aromatic heterocycles. The number of pyridine rings is 1. The third-order valence-electron chi connectivity index (χ3n) is 3.92. The smallest absolute Gasteiger partial charge is 0.288 e. The molecule has 2 heterocycles. The molecular formula is C18H25IN2. The van der Waals surface area contributed by atoms with Gasteiger partial charge in [-0.3, -0.25) is 0 Å². The third kappa shape index (κ3) is 4.19. The maximum atomic E-state index is 4.06. The van der Waals surface area contributed by atoms with Gasteiger partial charge in [-0.25, -0.2) is 9.38 Å². The Balaban J connectivity index is 0.00000220. The van der Waals surface area contributed by atoms with Gasteiger partial charge >= 0.3 is 0 Å². The lowest BCUT2D eigenvalue weighted by Crippen LogP contribution is -3.00. The predicted molar refractivity (Wildman–Crippen MR) is 84.8 cm³/mol. The highest BCUT2D eigenvalue weighted by Gasteiger charge is 2.19. The van der Waals surface area contributed by atoms with Crippen LogP contribution < -0.4 is 28.4 Å². The highest BCUT2D eigenvalue weighted by Crippen LogP contribution is 2.30. The van der Waals surface area contributed by atoms with Crippen LogP contribution in [0.3, 0.4) is 0 Å². The summed E-state index contributed by atoms with van der Waals surface area (Å²) in [6.45, 7) is 8.45. The van der Waals surface area contributed by atoms with Crippen LogP contribution in [0.2, 0.25) is 0 Å². The van der Waals surface area contributed by atoms with E-state index >= 15 is 0 Å². The molecule has 1 N–H and O–H groups in total. The normalized spacial score (nSPS) is 13.0. The van der Waals surface area contributed by atoms with Crippen LogP contribution in [0.15, 0.2) is 55.0 Å². The lowest BCUT2D eigenvalue weighted by molar-refractivity contribution is -0.510. The van der Waals surface area contributed by atoms with Crippen LogP contribution in [0.1, 0.15) is 51.0 Å². The number of rotatable bonds is 7. The lowest BCUT2D eigenvalue weighted by atomic mass is 9.88. The number of imidazole rings is 1. The van der Waals surface area contributed by atoms with Crippen molar-refractivity contribution in [3.8, 4) is 0 Å². The van der Waals surface area contributed by atoms with Gasteiger partial charge in [0.1, 0.15) is 12.4 Å². The number of aromatic amines is 1. The largest absolute Gasteiger partial charge is 1.00 e. The van der Waals surface area contributed by atoms with Crippen molar-refractivity contribution >= 4 is 5.65 Å². The molecule has 0 aliphatic rings. The highest BCUT2D eigenvalue weighted by atomic mass is 127. The number of hydrogen-bond donors (Lipinski definition) is 1. The summed E-state index contributed by atoms with van der Waals surface area (Å²) in [5.74, 6) is 0.298. The predicted octanol–water partition coefficient (Wildman–Crippen LogP) is 1.55. The molecule has 0 radical (unpaired) electrons. The van der Waals surface area contributed by atoms with Gasteiger partial charge in [-0.15, -0.1) is 6.58 Å². The van der Waals surface area contributed by atoms with Gasteiger partial charge in [0.15, 0.2) is 0 Å². The molecule has 0 spiro atoms. The summed E-state index contributed by atoms with van der Waals surface area (Å²) in [5.41, 5.74) is 3.93. The molecule has 0 fully saturated rings. The van der Waals surface area contributed by atoms with Gasteiger partial charge in [-0.05, 0) is 31.9 Å². The molecule has 2 aromatic rings. The summed E-state index contributed by atoms with van der Waals surface area (Å²) >= 11 is 0. The maximum Gasteiger partial charge on any atom is 0.288 e. The van der Waals surface area contributed by atoms with Crippen molar-refractivity contribution < 1.29 is 28.4 Å². The Labute approximate surface area is 145 Å². The first kappa shape index (κ1) is 18.0. The summed E-state index contributed by atoms with van der Waals surface area (Å²) in [7, 11) is 0. The van der Waals surface area contributed by atoms with Crippen LogP contribution in [-0.4, -0.2) is 4.98 Å². The van der Waals surface area contributed by atoms with Crippen molar-refractivity contribution in [3.63, 3.8) is 0 Å². The van der Waals surface area contributed by atoms with Crippen molar-refractivity contribution in [2.75, 3.05) is 0 Å². The number of allylic oxidation sites excluding steroid dienone is 3. The zero-order valence-electron chi connectivity index (χ0n) is 13.0. The average Bonchev–Trinajstić information content (AvgIpc) is 2.95. The Morgan fingerprint density at radius 1 is 1.38 bits per heavy atom. The molecule has 0 saturated carbocycles. The Hall–Kier alpha value is -1.10. The van der Waals surface area contributed by atoms with E-state index in [1.807, 2.05) is 12.4 Å². The summed E-state index contributed by atoms with van der Waals surface area (Å²) in [4.78, 5) is 3.34. The number of H-pyrrole nitrogens is 1. The van der Waals surface area contributed by atoms with E-state index in [1.54, 1.807) is 0 Å². The topological polar surface area (TPSA) is 19.9 Å². The van der Waals surface area contributed by atoms with Gasteiger partial charge in [-0.2, -0.15) is 0 Å². The van der Waals surface area contributed by atoms with Crippen molar-refractivity contribution in [1.82, 2.24) is 4.98 Å². The van der Waals surface area contributed by atoms with Gasteiger partial charge in [0, 0.05) is 5.92 Å². The molecule has 0 aliphatic heterocycles. The monoisotopic (exact) mass is 396 g/mol. The number of aromatic nitrogens is 2. The number of nitrogens with zero attached hydrogens (tertiary/aromatic N) is 1. The summed E-state index contributed by atoms with van der Waals surface area (Å²) in [6.07, 6.45) is 15.4. The first-order chi connectivity index (χ1) is 9.81. The molecule has 3 heteroatoms. The molecule has 114 valence electrons. The molecule has 1 atom stereocenters. The minimum absolute atomic E-state index is 0. The molecule has 0 bridgehead atoms. The molecule has 21 heavy (non-hydrogen) atoms. The van der Waals surface area contributed by atoms with Crippen LogP contribution in [0.25, 0.3) is 5.65 Å². The lowest BCUT2D eigenvalue weighted by Gasteiger charge is -2.16. The van der Waals surface area contributed by atoms with Crippen LogP contribution in [-0.2, 0) is 0 Å². The minimum Gasteiger partial charge on any atom is -1.00 e. The first-order valence-electron chi connectivity index (χ1n) is 7.56. The van der Waals surface area contributed by atoms with Gasteiger partial charge in [0.2, 0.25) is 0 Å². The van der Waals surface area contributed by atoms with E-state index in [1.165, 1.54) is 30.4 Å². The number of halogens is 1. The van der Waals surface area contributed by atoms with E-state index < -0.39 is 0 Å². The highest BCUT2D eigenvalue weighted by molar-refractivity contribution is 5.48. The Morgan fingerprint density at radius 2 is 2.19 bits per heavy atom. The second kappa shape index (κ2) is 9.03.